The highest BCUT2D eigenvalue weighted by Crippen LogP contribution is 2.15. The molecule has 3 heterocycles. The standard InChI is InChI=1S/C22H27N7S/c1-17-26-27-21(28(17)2)16-25-22(24-15-19-8-5-14-30-19)23-11-6-12-29-13-10-18-7-3-4-9-20(18)29/h3-5,7-10,13-14H,6,11-12,15-16H2,1-2H3,(H2,23,24,25). The van der Waals surface area contributed by atoms with E-state index in [2.05, 4.69) is 79.4 Å². The van der Waals surface area contributed by atoms with Gasteiger partial charge in [-0.25, -0.2) is 4.99 Å². The van der Waals surface area contributed by atoms with E-state index in [0.717, 1.165) is 43.7 Å². The van der Waals surface area contributed by atoms with Crippen molar-refractivity contribution in [1.29, 1.82) is 0 Å². The lowest BCUT2D eigenvalue weighted by Crippen LogP contribution is -2.37. The van der Waals surface area contributed by atoms with Gasteiger partial charge in [-0.1, -0.05) is 24.3 Å². The fourth-order valence-corrected chi connectivity index (χ4v) is 3.93. The van der Waals surface area contributed by atoms with Gasteiger partial charge in [-0.05, 0) is 42.3 Å². The van der Waals surface area contributed by atoms with Crippen LogP contribution in [-0.4, -0.2) is 31.8 Å². The van der Waals surface area contributed by atoms with Gasteiger partial charge in [0.1, 0.15) is 12.4 Å². The number of nitrogens with one attached hydrogen (secondary N) is 2. The molecule has 3 aromatic heterocycles. The van der Waals surface area contributed by atoms with Crippen molar-refractivity contribution in [1.82, 2.24) is 30.0 Å². The van der Waals surface area contributed by atoms with Crippen LogP contribution in [0.1, 0.15) is 22.9 Å². The van der Waals surface area contributed by atoms with Gasteiger partial charge in [-0.3, -0.25) is 0 Å². The molecule has 2 N–H and O–H groups in total. The van der Waals surface area contributed by atoms with Gasteiger partial charge in [0.2, 0.25) is 0 Å². The van der Waals surface area contributed by atoms with E-state index in [0.29, 0.717) is 6.54 Å². The highest BCUT2D eigenvalue weighted by atomic mass is 32.1. The predicted octanol–water partition coefficient (Wildman–Crippen LogP) is 3.47. The normalized spacial score (nSPS) is 11.9. The maximum Gasteiger partial charge on any atom is 0.192 e. The molecule has 0 saturated carbocycles. The number of fused-ring (bicyclic) bond motifs is 1. The van der Waals surface area contributed by atoms with E-state index in [9.17, 15) is 0 Å². The number of hydrogen-bond acceptors (Lipinski definition) is 4. The van der Waals surface area contributed by atoms with Crippen LogP contribution < -0.4 is 10.6 Å². The first-order chi connectivity index (χ1) is 14.7. The van der Waals surface area contributed by atoms with Crippen LogP contribution in [0.25, 0.3) is 10.9 Å². The number of nitrogens with zero attached hydrogens (tertiary/aromatic N) is 5. The second-order valence-electron chi connectivity index (χ2n) is 7.17. The lowest BCUT2D eigenvalue weighted by Gasteiger charge is -2.13. The van der Waals surface area contributed by atoms with Gasteiger partial charge in [0.15, 0.2) is 11.8 Å². The number of thiophene rings is 1. The molecule has 156 valence electrons. The minimum Gasteiger partial charge on any atom is -0.356 e. The molecule has 30 heavy (non-hydrogen) atoms. The summed E-state index contributed by atoms with van der Waals surface area (Å²) < 4.78 is 4.27. The van der Waals surface area contributed by atoms with E-state index in [4.69, 9.17) is 4.99 Å². The van der Waals surface area contributed by atoms with E-state index in [1.807, 2.05) is 18.5 Å². The zero-order valence-corrected chi connectivity index (χ0v) is 18.2. The summed E-state index contributed by atoms with van der Waals surface area (Å²) in [6.45, 7) is 4.98. The molecule has 0 radical (unpaired) electrons. The summed E-state index contributed by atoms with van der Waals surface area (Å²) in [5, 5.41) is 18.6. The molecule has 0 unspecified atom stereocenters. The predicted molar refractivity (Wildman–Crippen MR) is 123 cm³/mol. The summed E-state index contributed by atoms with van der Waals surface area (Å²) in [5.41, 5.74) is 1.28. The van der Waals surface area contributed by atoms with Crippen molar-refractivity contribution in [3.63, 3.8) is 0 Å². The molecular weight excluding hydrogens is 394 g/mol. The van der Waals surface area contributed by atoms with E-state index in [1.165, 1.54) is 15.8 Å². The Morgan fingerprint density at radius 1 is 1.10 bits per heavy atom. The van der Waals surface area contributed by atoms with E-state index < -0.39 is 0 Å². The number of para-hydroxylation sites is 1. The Bertz CT molecular complexity index is 1110. The maximum atomic E-state index is 4.72. The van der Waals surface area contributed by atoms with Crippen LogP contribution in [0.15, 0.2) is 59.0 Å². The fraction of sp³-hybridized carbons (Fsp3) is 0.318. The molecule has 4 aromatic rings. The Morgan fingerprint density at radius 3 is 2.80 bits per heavy atom. The van der Waals surface area contributed by atoms with Crippen LogP contribution in [0.4, 0.5) is 0 Å². The molecule has 8 heteroatoms. The van der Waals surface area contributed by atoms with E-state index in [-0.39, 0.29) is 0 Å². The van der Waals surface area contributed by atoms with Crippen LogP contribution in [0, 0.1) is 6.92 Å². The van der Waals surface area contributed by atoms with E-state index >= 15 is 0 Å². The fourth-order valence-electron chi connectivity index (χ4n) is 3.29. The van der Waals surface area contributed by atoms with E-state index in [1.54, 1.807) is 11.3 Å². The number of aryl methyl sites for hydroxylation is 2. The van der Waals surface area contributed by atoms with Gasteiger partial charge in [-0.15, -0.1) is 21.5 Å². The molecule has 0 atom stereocenters. The molecule has 0 amide bonds. The Labute approximate surface area is 180 Å². The first-order valence-corrected chi connectivity index (χ1v) is 11.0. The van der Waals surface area contributed by atoms with Crippen molar-refractivity contribution >= 4 is 28.2 Å². The maximum absolute atomic E-state index is 4.72. The Hall–Kier alpha value is -3.13. The Morgan fingerprint density at radius 2 is 2.00 bits per heavy atom. The molecule has 0 aliphatic rings. The second kappa shape index (κ2) is 9.58. The molecule has 0 bridgehead atoms. The largest absolute Gasteiger partial charge is 0.356 e. The van der Waals surface area contributed by atoms with Crippen molar-refractivity contribution < 1.29 is 0 Å². The minimum atomic E-state index is 0.485. The van der Waals surface area contributed by atoms with Gasteiger partial charge in [0, 0.05) is 36.7 Å². The van der Waals surface area contributed by atoms with Crippen molar-refractivity contribution in [2.24, 2.45) is 12.0 Å². The molecule has 0 aliphatic carbocycles. The number of hydrogen-bond donors (Lipinski definition) is 2. The van der Waals surface area contributed by atoms with Gasteiger partial charge >= 0.3 is 0 Å². The first kappa shape index (κ1) is 20.2. The summed E-state index contributed by atoms with van der Waals surface area (Å²) in [6, 6.07) is 14.8. The van der Waals surface area contributed by atoms with Crippen molar-refractivity contribution in [3.8, 4) is 0 Å². The number of aromatic nitrogens is 4. The smallest absolute Gasteiger partial charge is 0.192 e. The summed E-state index contributed by atoms with van der Waals surface area (Å²) in [5.74, 6) is 2.53. The van der Waals surface area contributed by atoms with Gasteiger partial charge in [0.25, 0.3) is 0 Å². The zero-order chi connectivity index (χ0) is 20.8. The zero-order valence-electron chi connectivity index (χ0n) is 17.4. The average molecular weight is 422 g/mol. The minimum absolute atomic E-state index is 0.485. The third kappa shape index (κ3) is 4.88. The molecular formula is C22H27N7S. The van der Waals surface area contributed by atoms with Gasteiger partial charge in [-0.2, -0.15) is 0 Å². The average Bonchev–Trinajstić information content (AvgIpc) is 3.49. The van der Waals surface area contributed by atoms with Crippen LogP contribution in [0.5, 0.6) is 0 Å². The molecule has 0 spiro atoms. The Kier molecular flexibility index (Phi) is 6.44. The van der Waals surface area contributed by atoms with Crippen LogP contribution in [-0.2, 0) is 26.7 Å². The number of aliphatic imine (C=N–C) groups is 1. The SMILES string of the molecule is Cc1nnc(CN=C(NCCCn2ccc3ccccc32)NCc2cccs2)n1C. The number of guanidine groups is 1. The molecule has 1 aromatic carbocycles. The Balaban J connectivity index is 1.35. The summed E-state index contributed by atoms with van der Waals surface area (Å²) in [6.07, 6.45) is 3.16. The molecule has 0 aliphatic heterocycles. The topological polar surface area (TPSA) is 72.1 Å². The van der Waals surface area contributed by atoms with Crippen LogP contribution in [0.2, 0.25) is 0 Å². The highest BCUT2D eigenvalue weighted by molar-refractivity contribution is 7.09. The van der Waals surface area contributed by atoms with Crippen LogP contribution in [0.3, 0.4) is 0 Å². The quantitative estimate of drug-likeness (QED) is 0.260. The van der Waals surface area contributed by atoms with Gasteiger partial charge < -0.3 is 19.8 Å². The molecule has 7 nitrogen and oxygen atoms in total. The van der Waals surface area contributed by atoms with Crippen molar-refractivity contribution in [2.45, 2.75) is 33.0 Å². The van der Waals surface area contributed by atoms with Crippen molar-refractivity contribution in [2.75, 3.05) is 6.54 Å². The summed E-state index contributed by atoms with van der Waals surface area (Å²) in [7, 11) is 1.97. The lowest BCUT2D eigenvalue weighted by atomic mass is 10.2. The molecule has 0 saturated heterocycles. The summed E-state index contributed by atoms with van der Waals surface area (Å²) >= 11 is 1.74. The van der Waals surface area contributed by atoms with Crippen molar-refractivity contribution in [3.05, 3.63) is 70.6 Å². The first-order valence-electron chi connectivity index (χ1n) is 10.1. The monoisotopic (exact) mass is 421 g/mol. The number of benzene rings is 1. The third-order valence-corrected chi connectivity index (χ3v) is 6.00. The number of rotatable bonds is 8. The molecule has 4 rings (SSSR count). The van der Waals surface area contributed by atoms with Crippen LogP contribution >= 0.6 is 11.3 Å². The lowest BCUT2D eigenvalue weighted by molar-refractivity contribution is 0.639. The third-order valence-electron chi connectivity index (χ3n) is 5.12. The van der Waals surface area contributed by atoms with Gasteiger partial charge in [0.05, 0.1) is 6.54 Å². The second-order valence-corrected chi connectivity index (χ2v) is 8.20. The summed E-state index contributed by atoms with van der Waals surface area (Å²) in [4.78, 5) is 6.00. The molecule has 0 fully saturated rings. The highest BCUT2D eigenvalue weighted by Gasteiger charge is 2.06.